The third-order valence-electron chi connectivity index (χ3n) is 2.89. The fourth-order valence-corrected chi connectivity index (χ4v) is 1.80. The number of benzene rings is 1. The Labute approximate surface area is 102 Å². The van der Waals surface area contributed by atoms with Crippen LogP contribution in [0.15, 0.2) is 42.7 Å². The van der Waals surface area contributed by atoms with Gasteiger partial charge in [-0.1, -0.05) is 17.7 Å². The molecule has 1 aromatic heterocycles. The van der Waals surface area contributed by atoms with Gasteiger partial charge in [0.1, 0.15) is 0 Å². The average Bonchev–Trinajstić information content (AvgIpc) is 2.39. The van der Waals surface area contributed by atoms with Gasteiger partial charge in [0.2, 0.25) is 0 Å². The molecule has 1 aromatic carbocycles. The molecule has 0 saturated heterocycles. The van der Waals surface area contributed by atoms with Gasteiger partial charge in [-0.3, -0.25) is 4.98 Å². The molecule has 88 valence electrons. The molecule has 0 atom stereocenters. The highest BCUT2D eigenvalue weighted by Gasteiger charge is 2.07. The standard InChI is InChI=1S/C14H17N3/c1-11-3-5-13(6-4-11)17(2)14-10-16-8-7-12(14)9-15/h3-8,10H,9,15H2,1-2H3. The van der Waals surface area contributed by atoms with Gasteiger partial charge in [0.05, 0.1) is 11.9 Å². The smallest absolute Gasteiger partial charge is 0.0640 e. The van der Waals surface area contributed by atoms with Crippen molar-refractivity contribution in [1.82, 2.24) is 4.98 Å². The van der Waals surface area contributed by atoms with Crippen LogP contribution < -0.4 is 10.6 Å². The third-order valence-corrected chi connectivity index (χ3v) is 2.89. The molecule has 0 bridgehead atoms. The molecule has 0 aliphatic rings. The van der Waals surface area contributed by atoms with E-state index in [-0.39, 0.29) is 0 Å². The Morgan fingerprint density at radius 2 is 1.88 bits per heavy atom. The molecule has 0 unspecified atom stereocenters. The monoisotopic (exact) mass is 227 g/mol. The van der Waals surface area contributed by atoms with Crippen molar-refractivity contribution in [1.29, 1.82) is 0 Å². The van der Waals surface area contributed by atoms with Gasteiger partial charge in [-0.15, -0.1) is 0 Å². The molecular formula is C14H17N3. The van der Waals surface area contributed by atoms with Crippen LogP contribution in [0.2, 0.25) is 0 Å². The van der Waals surface area contributed by atoms with Crippen molar-refractivity contribution in [3.05, 3.63) is 53.9 Å². The van der Waals surface area contributed by atoms with Gasteiger partial charge in [-0.2, -0.15) is 0 Å². The summed E-state index contributed by atoms with van der Waals surface area (Å²) in [6, 6.07) is 10.4. The van der Waals surface area contributed by atoms with Gasteiger partial charge < -0.3 is 10.6 Å². The zero-order valence-corrected chi connectivity index (χ0v) is 10.2. The molecule has 17 heavy (non-hydrogen) atoms. The topological polar surface area (TPSA) is 42.2 Å². The number of pyridine rings is 1. The molecule has 2 rings (SSSR count). The Kier molecular flexibility index (Phi) is 3.40. The lowest BCUT2D eigenvalue weighted by atomic mass is 10.1. The lowest BCUT2D eigenvalue weighted by Crippen LogP contribution is -2.13. The molecular weight excluding hydrogens is 210 g/mol. The van der Waals surface area contributed by atoms with Crippen molar-refractivity contribution in [2.75, 3.05) is 11.9 Å². The van der Waals surface area contributed by atoms with Crippen LogP contribution in [-0.2, 0) is 6.54 Å². The first-order valence-corrected chi connectivity index (χ1v) is 5.65. The number of aromatic nitrogens is 1. The minimum Gasteiger partial charge on any atom is -0.343 e. The molecule has 0 radical (unpaired) electrons. The normalized spacial score (nSPS) is 10.3. The fourth-order valence-electron chi connectivity index (χ4n) is 1.80. The summed E-state index contributed by atoms with van der Waals surface area (Å²) in [4.78, 5) is 6.27. The predicted molar refractivity (Wildman–Crippen MR) is 71.4 cm³/mol. The molecule has 3 nitrogen and oxygen atoms in total. The molecule has 3 heteroatoms. The van der Waals surface area contributed by atoms with E-state index in [4.69, 9.17) is 5.73 Å². The highest BCUT2D eigenvalue weighted by atomic mass is 15.1. The van der Waals surface area contributed by atoms with E-state index in [2.05, 4.69) is 41.1 Å². The maximum Gasteiger partial charge on any atom is 0.0640 e. The van der Waals surface area contributed by atoms with Crippen molar-refractivity contribution in [3.63, 3.8) is 0 Å². The molecule has 2 aromatic rings. The number of anilines is 2. The lowest BCUT2D eigenvalue weighted by Gasteiger charge is -2.21. The second kappa shape index (κ2) is 4.97. The van der Waals surface area contributed by atoms with Crippen molar-refractivity contribution < 1.29 is 0 Å². The summed E-state index contributed by atoms with van der Waals surface area (Å²) in [6.07, 6.45) is 3.62. The number of rotatable bonds is 3. The number of aryl methyl sites for hydroxylation is 1. The van der Waals surface area contributed by atoms with Gasteiger partial charge >= 0.3 is 0 Å². The Bertz CT molecular complexity index is 491. The first-order chi connectivity index (χ1) is 8.22. The van der Waals surface area contributed by atoms with Crippen LogP contribution in [0.25, 0.3) is 0 Å². The Balaban J connectivity index is 2.36. The summed E-state index contributed by atoms with van der Waals surface area (Å²) in [7, 11) is 2.03. The van der Waals surface area contributed by atoms with Crippen molar-refractivity contribution in [3.8, 4) is 0 Å². The van der Waals surface area contributed by atoms with Gasteiger partial charge in [-0.25, -0.2) is 0 Å². The predicted octanol–water partition coefficient (Wildman–Crippen LogP) is 2.62. The number of nitrogens with zero attached hydrogens (tertiary/aromatic N) is 2. The highest BCUT2D eigenvalue weighted by molar-refractivity contribution is 5.64. The molecule has 1 heterocycles. The van der Waals surface area contributed by atoms with E-state index >= 15 is 0 Å². The molecule has 0 aliphatic heterocycles. The van der Waals surface area contributed by atoms with Crippen LogP contribution in [-0.4, -0.2) is 12.0 Å². The summed E-state index contributed by atoms with van der Waals surface area (Å²) in [5, 5.41) is 0. The first-order valence-electron chi connectivity index (χ1n) is 5.65. The van der Waals surface area contributed by atoms with Gasteiger partial charge in [-0.05, 0) is 30.7 Å². The molecule has 2 N–H and O–H groups in total. The van der Waals surface area contributed by atoms with Gasteiger partial charge in [0, 0.05) is 25.5 Å². The van der Waals surface area contributed by atoms with Crippen LogP contribution in [0.5, 0.6) is 0 Å². The zero-order valence-electron chi connectivity index (χ0n) is 10.2. The summed E-state index contributed by atoms with van der Waals surface area (Å²) in [5.41, 5.74) is 10.3. The van der Waals surface area contributed by atoms with Crippen molar-refractivity contribution in [2.24, 2.45) is 5.73 Å². The summed E-state index contributed by atoms with van der Waals surface area (Å²) >= 11 is 0. The van der Waals surface area contributed by atoms with E-state index < -0.39 is 0 Å². The zero-order chi connectivity index (χ0) is 12.3. The maximum atomic E-state index is 5.74. The minimum absolute atomic E-state index is 0.522. The Morgan fingerprint density at radius 3 is 2.53 bits per heavy atom. The molecule has 0 spiro atoms. The fraction of sp³-hybridized carbons (Fsp3) is 0.214. The average molecular weight is 227 g/mol. The van der Waals surface area contributed by atoms with Crippen LogP contribution in [0, 0.1) is 6.92 Å². The van der Waals surface area contributed by atoms with Gasteiger partial charge in [0.25, 0.3) is 0 Å². The second-order valence-corrected chi connectivity index (χ2v) is 4.10. The van der Waals surface area contributed by atoms with E-state index in [0.717, 1.165) is 16.9 Å². The quantitative estimate of drug-likeness (QED) is 0.876. The molecule has 0 saturated carbocycles. The summed E-state index contributed by atoms with van der Waals surface area (Å²) in [6.45, 7) is 2.60. The summed E-state index contributed by atoms with van der Waals surface area (Å²) in [5.74, 6) is 0. The second-order valence-electron chi connectivity index (χ2n) is 4.10. The maximum absolute atomic E-state index is 5.74. The first kappa shape index (κ1) is 11.6. The van der Waals surface area contributed by atoms with E-state index in [0.29, 0.717) is 6.54 Å². The van der Waals surface area contributed by atoms with Crippen LogP contribution >= 0.6 is 0 Å². The van der Waals surface area contributed by atoms with E-state index in [1.165, 1.54) is 5.56 Å². The Hall–Kier alpha value is -1.87. The molecule has 0 aliphatic carbocycles. The molecule has 0 amide bonds. The van der Waals surface area contributed by atoms with E-state index in [9.17, 15) is 0 Å². The van der Waals surface area contributed by atoms with Crippen LogP contribution in [0.1, 0.15) is 11.1 Å². The summed E-state index contributed by atoms with van der Waals surface area (Å²) < 4.78 is 0. The third kappa shape index (κ3) is 2.45. The minimum atomic E-state index is 0.522. The molecule has 0 fully saturated rings. The largest absolute Gasteiger partial charge is 0.343 e. The van der Waals surface area contributed by atoms with Gasteiger partial charge in [0.15, 0.2) is 0 Å². The number of hydrogen-bond acceptors (Lipinski definition) is 3. The SMILES string of the molecule is Cc1ccc(N(C)c2cnccc2CN)cc1. The van der Waals surface area contributed by atoms with E-state index in [1.54, 1.807) is 6.20 Å². The van der Waals surface area contributed by atoms with Crippen molar-refractivity contribution >= 4 is 11.4 Å². The lowest BCUT2D eigenvalue weighted by molar-refractivity contribution is 1.03. The van der Waals surface area contributed by atoms with Crippen LogP contribution in [0.3, 0.4) is 0 Å². The Morgan fingerprint density at radius 1 is 1.18 bits per heavy atom. The number of nitrogens with two attached hydrogens (primary N) is 1. The highest BCUT2D eigenvalue weighted by Crippen LogP contribution is 2.25. The number of hydrogen-bond donors (Lipinski definition) is 1. The van der Waals surface area contributed by atoms with Crippen molar-refractivity contribution in [2.45, 2.75) is 13.5 Å². The van der Waals surface area contributed by atoms with Crippen LogP contribution in [0.4, 0.5) is 11.4 Å². The van der Waals surface area contributed by atoms with E-state index in [1.807, 2.05) is 19.3 Å².